The Labute approximate surface area is 132 Å². The fourth-order valence-corrected chi connectivity index (χ4v) is 2.69. The summed E-state index contributed by atoms with van der Waals surface area (Å²) in [5.74, 6) is -1.02. The molecule has 1 aromatic rings. The van der Waals surface area contributed by atoms with Gasteiger partial charge in [-0.3, -0.25) is 4.90 Å². The summed E-state index contributed by atoms with van der Waals surface area (Å²) in [6.07, 6.45) is -0.308. The minimum Gasteiger partial charge on any atom is -0.480 e. The number of carboxylic acid groups (broad SMARTS) is 1. The Kier molecular flexibility index (Phi) is 4.27. The normalized spacial score (nSPS) is 18.1. The van der Waals surface area contributed by atoms with Crippen molar-refractivity contribution in [2.45, 2.75) is 45.4 Å². The van der Waals surface area contributed by atoms with E-state index in [1.807, 2.05) is 18.2 Å². The van der Waals surface area contributed by atoms with Gasteiger partial charge in [0.1, 0.15) is 11.6 Å². The van der Waals surface area contributed by atoms with E-state index in [4.69, 9.17) is 4.74 Å². The predicted octanol–water partition coefficient (Wildman–Crippen LogP) is 3.20. The molecule has 0 fully saturated rings. The van der Waals surface area contributed by atoms with E-state index in [0.717, 1.165) is 15.6 Å². The molecule has 5 nitrogen and oxygen atoms in total. The maximum absolute atomic E-state index is 12.3. The number of amides is 1. The van der Waals surface area contributed by atoms with E-state index in [9.17, 15) is 14.7 Å². The van der Waals surface area contributed by atoms with Crippen LogP contribution in [0.2, 0.25) is 0 Å². The van der Waals surface area contributed by atoms with Gasteiger partial charge in [-0.2, -0.15) is 0 Å². The van der Waals surface area contributed by atoms with Crippen LogP contribution < -0.4 is 0 Å². The topological polar surface area (TPSA) is 66.8 Å². The summed E-state index contributed by atoms with van der Waals surface area (Å²) < 4.78 is 6.22. The molecule has 114 valence electrons. The van der Waals surface area contributed by atoms with E-state index in [-0.39, 0.29) is 13.0 Å². The van der Waals surface area contributed by atoms with Gasteiger partial charge >= 0.3 is 12.1 Å². The number of carboxylic acids is 1. The third-order valence-electron chi connectivity index (χ3n) is 3.21. The number of benzene rings is 1. The van der Waals surface area contributed by atoms with E-state index in [1.165, 1.54) is 4.90 Å². The summed E-state index contributed by atoms with van der Waals surface area (Å²) in [5, 5.41) is 9.38. The van der Waals surface area contributed by atoms with Gasteiger partial charge in [-0.25, -0.2) is 9.59 Å². The second-order valence-corrected chi connectivity index (χ2v) is 7.00. The number of rotatable bonds is 1. The zero-order chi connectivity index (χ0) is 15.8. The third kappa shape index (κ3) is 3.75. The molecule has 0 saturated carbocycles. The molecule has 21 heavy (non-hydrogen) atoms. The molecule has 1 atom stereocenters. The molecule has 0 aliphatic carbocycles. The van der Waals surface area contributed by atoms with Crippen molar-refractivity contribution in [1.29, 1.82) is 0 Å². The molecule has 1 heterocycles. The van der Waals surface area contributed by atoms with Crippen LogP contribution in [0.1, 0.15) is 31.9 Å². The number of halogens is 1. The Hall–Kier alpha value is -1.56. The van der Waals surface area contributed by atoms with Gasteiger partial charge < -0.3 is 9.84 Å². The summed E-state index contributed by atoms with van der Waals surface area (Å²) >= 11 is 3.39. The summed E-state index contributed by atoms with van der Waals surface area (Å²) in [6, 6.07) is 4.78. The highest BCUT2D eigenvalue weighted by Gasteiger charge is 2.36. The van der Waals surface area contributed by atoms with Crippen molar-refractivity contribution in [3.63, 3.8) is 0 Å². The fourth-order valence-electron chi connectivity index (χ4n) is 2.29. The summed E-state index contributed by atoms with van der Waals surface area (Å²) in [5.41, 5.74) is 1.23. The SMILES string of the molecule is CC(C)(C)OC(=O)N1Cc2cc(Br)ccc2C[C@@H]1C(=O)O. The van der Waals surface area contributed by atoms with Gasteiger partial charge in [-0.1, -0.05) is 22.0 Å². The van der Waals surface area contributed by atoms with Crippen LogP contribution in [0, 0.1) is 0 Å². The lowest BCUT2D eigenvalue weighted by Gasteiger charge is -2.35. The van der Waals surface area contributed by atoms with E-state index >= 15 is 0 Å². The third-order valence-corrected chi connectivity index (χ3v) is 3.70. The van der Waals surface area contributed by atoms with Crippen molar-refractivity contribution in [1.82, 2.24) is 4.90 Å². The van der Waals surface area contributed by atoms with Gasteiger partial charge in [-0.15, -0.1) is 0 Å². The quantitative estimate of drug-likeness (QED) is 0.839. The minimum absolute atomic E-state index is 0.237. The molecular weight excluding hydrogens is 338 g/mol. The second-order valence-electron chi connectivity index (χ2n) is 6.08. The average Bonchev–Trinajstić information content (AvgIpc) is 2.34. The fraction of sp³-hybridized carbons (Fsp3) is 0.467. The van der Waals surface area contributed by atoms with Crippen LogP contribution in [0.4, 0.5) is 4.79 Å². The molecule has 1 amide bonds. The van der Waals surface area contributed by atoms with Crippen molar-refractivity contribution >= 4 is 28.0 Å². The second kappa shape index (κ2) is 5.67. The zero-order valence-corrected chi connectivity index (χ0v) is 13.8. The molecule has 0 spiro atoms. The number of hydrogen-bond acceptors (Lipinski definition) is 3. The smallest absolute Gasteiger partial charge is 0.411 e. The van der Waals surface area contributed by atoms with Crippen LogP contribution in [-0.2, 0) is 22.5 Å². The van der Waals surface area contributed by atoms with Gasteiger partial charge in [-0.05, 0) is 44.0 Å². The van der Waals surface area contributed by atoms with Crippen molar-refractivity contribution in [3.05, 3.63) is 33.8 Å². The maximum Gasteiger partial charge on any atom is 0.411 e. The Balaban J connectivity index is 2.30. The van der Waals surface area contributed by atoms with Crippen LogP contribution in [0.5, 0.6) is 0 Å². The van der Waals surface area contributed by atoms with Gasteiger partial charge in [0.25, 0.3) is 0 Å². The molecule has 0 radical (unpaired) electrons. The first-order valence-electron chi connectivity index (χ1n) is 6.67. The number of aliphatic carboxylic acids is 1. The Morgan fingerprint density at radius 3 is 2.57 bits per heavy atom. The standard InChI is InChI=1S/C15H18BrNO4/c1-15(2,3)21-14(20)17-8-10-6-11(16)5-4-9(10)7-12(17)13(18)19/h4-6,12H,7-8H2,1-3H3,(H,18,19)/t12-/m1/s1. The Morgan fingerprint density at radius 2 is 2.00 bits per heavy atom. The number of ether oxygens (including phenoxy) is 1. The van der Waals surface area contributed by atoms with E-state index < -0.39 is 23.7 Å². The van der Waals surface area contributed by atoms with Gasteiger partial charge in [0, 0.05) is 10.9 Å². The number of fused-ring (bicyclic) bond motifs is 1. The van der Waals surface area contributed by atoms with Gasteiger partial charge in [0.05, 0.1) is 6.54 Å². The highest BCUT2D eigenvalue weighted by molar-refractivity contribution is 9.10. The number of hydrogen-bond donors (Lipinski definition) is 1. The molecule has 0 bridgehead atoms. The maximum atomic E-state index is 12.3. The average molecular weight is 356 g/mol. The van der Waals surface area contributed by atoms with Crippen LogP contribution in [0.3, 0.4) is 0 Å². The molecule has 2 rings (SSSR count). The molecule has 1 aliphatic rings. The van der Waals surface area contributed by atoms with E-state index in [1.54, 1.807) is 20.8 Å². The van der Waals surface area contributed by atoms with E-state index in [0.29, 0.717) is 0 Å². The molecule has 0 saturated heterocycles. The van der Waals surface area contributed by atoms with Crippen LogP contribution in [0.15, 0.2) is 22.7 Å². The molecule has 0 unspecified atom stereocenters. The largest absolute Gasteiger partial charge is 0.480 e. The van der Waals surface area contributed by atoms with Crippen molar-refractivity contribution in [3.8, 4) is 0 Å². The highest BCUT2D eigenvalue weighted by atomic mass is 79.9. The molecule has 6 heteroatoms. The Bertz CT molecular complexity index is 580. The lowest BCUT2D eigenvalue weighted by molar-refractivity contribution is -0.143. The lowest BCUT2D eigenvalue weighted by Crippen LogP contribution is -2.50. The van der Waals surface area contributed by atoms with Gasteiger partial charge in [0.2, 0.25) is 0 Å². The number of carbonyl (C=O) groups excluding carboxylic acids is 1. The minimum atomic E-state index is -1.02. The van der Waals surface area contributed by atoms with Crippen molar-refractivity contribution < 1.29 is 19.4 Å². The van der Waals surface area contributed by atoms with Crippen LogP contribution in [-0.4, -0.2) is 33.7 Å². The Morgan fingerprint density at radius 1 is 1.33 bits per heavy atom. The molecular formula is C15H18BrNO4. The van der Waals surface area contributed by atoms with Crippen LogP contribution in [0.25, 0.3) is 0 Å². The van der Waals surface area contributed by atoms with Crippen molar-refractivity contribution in [2.24, 2.45) is 0 Å². The first kappa shape index (κ1) is 15.8. The molecule has 1 N–H and O–H groups in total. The highest BCUT2D eigenvalue weighted by Crippen LogP contribution is 2.27. The molecule has 0 aromatic heterocycles. The summed E-state index contributed by atoms with van der Waals surface area (Å²) in [6.45, 7) is 5.51. The molecule has 1 aromatic carbocycles. The first-order valence-corrected chi connectivity index (χ1v) is 7.46. The lowest BCUT2D eigenvalue weighted by atomic mass is 9.94. The monoisotopic (exact) mass is 355 g/mol. The summed E-state index contributed by atoms with van der Waals surface area (Å²) in [7, 11) is 0. The zero-order valence-electron chi connectivity index (χ0n) is 12.2. The molecule has 1 aliphatic heterocycles. The van der Waals surface area contributed by atoms with Crippen molar-refractivity contribution in [2.75, 3.05) is 0 Å². The predicted molar refractivity (Wildman–Crippen MR) is 81.0 cm³/mol. The first-order chi connectivity index (χ1) is 9.67. The summed E-state index contributed by atoms with van der Waals surface area (Å²) in [4.78, 5) is 25.0. The van der Waals surface area contributed by atoms with E-state index in [2.05, 4.69) is 15.9 Å². The number of carbonyl (C=O) groups is 2. The number of nitrogens with zero attached hydrogens (tertiary/aromatic N) is 1. The van der Waals surface area contributed by atoms with Gasteiger partial charge in [0.15, 0.2) is 0 Å². The van der Waals surface area contributed by atoms with Crippen LogP contribution >= 0.6 is 15.9 Å².